The third kappa shape index (κ3) is 7.70. The van der Waals surface area contributed by atoms with Crippen molar-refractivity contribution in [3.05, 3.63) is 81.9 Å². The standard InChI is InChI=1S/C50H71N3O8S/c1-32(2)30-52(62(60,61)35-17-15-34(16-18-35)53(58)59)31-40(55)38(27-33-13-11-10-12-14-33)51-44(57)47(6)24-23-46(5)25-26-49(8)36(37(46)29-47)28-39(54)43-48(7)21-20-42(56)45(3,4)41(48)19-22-50(43,49)9/h10-18,28,32,37-38,40-43,55-56H,19-27,29-31H2,1-9H3,(H,51,57)/t37-,38+,40-,41+,42+,43-,46-,47+,48+,49-,50-/m1/s1. The number of aliphatic hydroxyl groups is 2. The SMILES string of the molecule is CC(C)CN(C[C@@H](O)[C@H](Cc1ccccc1)NC(=O)[C@@]1(C)CC[C@]2(C)CC[C@]3(C)C(=CC(=O)[C@@H]4[C@@]5(C)CC[C@H](O)C(C)(C)[C@@H]5CC[C@]43C)[C@H]2C1)S(=O)(=O)c1ccc([N+](=O)[O-])cc1. The van der Waals surface area contributed by atoms with Crippen molar-refractivity contribution in [1.29, 1.82) is 0 Å². The lowest BCUT2D eigenvalue weighted by atomic mass is 9.33. The molecule has 0 radical (unpaired) electrons. The summed E-state index contributed by atoms with van der Waals surface area (Å²) in [5.41, 5.74) is -0.0564. The zero-order valence-corrected chi connectivity index (χ0v) is 39.3. The van der Waals surface area contributed by atoms with Crippen molar-refractivity contribution in [3.8, 4) is 0 Å². The van der Waals surface area contributed by atoms with Gasteiger partial charge in [0.05, 0.1) is 28.1 Å². The van der Waals surface area contributed by atoms with Crippen LogP contribution in [-0.2, 0) is 26.0 Å². The Hall–Kier alpha value is -3.45. The first-order valence-electron chi connectivity index (χ1n) is 23.0. The number of benzene rings is 2. The topological polar surface area (TPSA) is 167 Å². The van der Waals surface area contributed by atoms with Gasteiger partial charge in [0.1, 0.15) is 0 Å². The first kappa shape index (κ1) is 46.5. The molecule has 4 fully saturated rings. The van der Waals surface area contributed by atoms with E-state index in [4.69, 9.17) is 0 Å². The molecule has 0 spiro atoms. The minimum atomic E-state index is -4.18. The summed E-state index contributed by atoms with van der Waals surface area (Å²) in [6.07, 6.45) is 8.05. The zero-order valence-electron chi connectivity index (χ0n) is 38.4. The van der Waals surface area contributed by atoms with Crippen LogP contribution in [-0.4, -0.2) is 70.9 Å². The Morgan fingerprint density at radius 3 is 2.18 bits per heavy atom. The zero-order chi connectivity index (χ0) is 45.4. The number of fused-ring (bicyclic) bond motifs is 7. The summed E-state index contributed by atoms with van der Waals surface area (Å²) < 4.78 is 29.4. The minimum Gasteiger partial charge on any atom is -0.393 e. The fraction of sp³-hybridized carbons (Fsp3) is 0.680. The molecule has 11 nitrogen and oxygen atoms in total. The monoisotopic (exact) mass is 873 g/mol. The summed E-state index contributed by atoms with van der Waals surface area (Å²) in [5.74, 6) is 0.0240. The Morgan fingerprint density at radius 2 is 1.55 bits per heavy atom. The minimum absolute atomic E-state index is 0.00786. The Labute approximate surface area is 369 Å². The molecule has 4 saturated carbocycles. The van der Waals surface area contributed by atoms with E-state index < -0.39 is 32.5 Å². The number of nitro groups is 1. The summed E-state index contributed by atoms with van der Waals surface area (Å²) >= 11 is 0. The highest BCUT2D eigenvalue weighted by atomic mass is 32.2. The molecule has 0 heterocycles. The van der Waals surface area contributed by atoms with Crippen molar-refractivity contribution in [1.82, 2.24) is 9.62 Å². The van der Waals surface area contributed by atoms with Crippen LogP contribution in [0.3, 0.4) is 0 Å². The summed E-state index contributed by atoms with van der Waals surface area (Å²) in [5, 5.41) is 37.8. The number of nitro benzene ring substituents is 1. The van der Waals surface area contributed by atoms with E-state index in [-0.39, 0.29) is 98.6 Å². The maximum atomic E-state index is 14.9. The third-order valence-electron chi connectivity index (χ3n) is 17.8. The predicted octanol–water partition coefficient (Wildman–Crippen LogP) is 8.67. The molecule has 0 saturated heterocycles. The Bertz CT molecular complexity index is 2190. The van der Waals surface area contributed by atoms with Gasteiger partial charge in [-0.2, -0.15) is 4.31 Å². The van der Waals surface area contributed by atoms with E-state index in [2.05, 4.69) is 46.9 Å². The molecule has 2 aromatic rings. The number of carbonyl (C=O) groups is 2. The quantitative estimate of drug-likeness (QED) is 0.141. The van der Waals surface area contributed by atoms with Gasteiger partial charge in [0.2, 0.25) is 15.9 Å². The van der Waals surface area contributed by atoms with Crippen LogP contribution in [0.5, 0.6) is 0 Å². The Balaban J connectivity index is 1.17. The van der Waals surface area contributed by atoms with Crippen molar-refractivity contribution in [2.75, 3.05) is 13.1 Å². The molecule has 12 heteroatoms. The smallest absolute Gasteiger partial charge is 0.269 e. The Kier molecular flexibility index (Phi) is 12.2. The first-order valence-corrected chi connectivity index (χ1v) is 24.5. The van der Waals surface area contributed by atoms with E-state index in [9.17, 15) is 38.3 Å². The number of carbonyl (C=O) groups excluding carboxylic acids is 2. The first-order chi connectivity index (χ1) is 28.8. The highest BCUT2D eigenvalue weighted by Crippen LogP contribution is 2.75. The maximum Gasteiger partial charge on any atom is 0.269 e. The molecule has 5 aliphatic carbocycles. The summed E-state index contributed by atoms with van der Waals surface area (Å²) in [6, 6.07) is 13.4. The molecule has 5 aliphatic rings. The van der Waals surface area contributed by atoms with E-state index in [1.807, 2.05) is 57.2 Å². The number of ketones is 1. The van der Waals surface area contributed by atoms with Gasteiger partial charge in [0.25, 0.3) is 5.69 Å². The second-order valence-electron chi connectivity index (χ2n) is 22.4. The molecule has 11 atom stereocenters. The number of sulfonamides is 1. The number of hydrogen-bond donors (Lipinski definition) is 3. The van der Waals surface area contributed by atoms with E-state index in [0.29, 0.717) is 19.3 Å². The average molecular weight is 874 g/mol. The molecule has 340 valence electrons. The molecule has 7 rings (SSSR count). The molecule has 2 aromatic carbocycles. The second-order valence-corrected chi connectivity index (χ2v) is 24.4. The van der Waals surface area contributed by atoms with Gasteiger partial charge in [0.15, 0.2) is 5.78 Å². The number of rotatable bonds is 12. The number of hydrogen-bond acceptors (Lipinski definition) is 8. The van der Waals surface area contributed by atoms with Gasteiger partial charge in [-0.25, -0.2) is 8.42 Å². The summed E-state index contributed by atoms with van der Waals surface area (Å²) in [4.78, 5) is 40.4. The van der Waals surface area contributed by atoms with Crippen molar-refractivity contribution >= 4 is 27.4 Å². The van der Waals surface area contributed by atoms with Crippen LogP contribution < -0.4 is 5.32 Å². The largest absolute Gasteiger partial charge is 0.393 e. The van der Waals surface area contributed by atoms with Crippen molar-refractivity contribution in [3.63, 3.8) is 0 Å². The van der Waals surface area contributed by atoms with Crippen molar-refractivity contribution < 1.29 is 33.1 Å². The number of aliphatic hydroxyl groups excluding tert-OH is 2. The molecule has 1 amide bonds. The fourth-order valence-electron chi connectivity index (χ4n) is 13.8. The number of nitrogens with zero attached hydrogens (tertiary/aromatic N) is 2. The maximum absolute atomic E-state index is 14.9. The summed E-state index contributed by atoms with van der Waals surface area (Å²) in [7, 11) is -4.18. The van der Waals surface area contributed by atoms with Crippen LogP contribution in [0.25, 0.3) is 0 Å². The van der Waals surface area contributed by atoms with Crippen LogP contribution in [0.4, 0.5) is 5.69 Å². The van der Waals surface area contributed by atoms with Crippen LogP contribution in [0.2, 0.25) is 0 Å². The van der Waals surface area contributed by atoms with Crippen molar-refractivity contribution in [2.45, 2.75) is 150 Å². The van der Waals surface area contributed by atoms with Crippen LogP contribution in [0, 0.1) is 66.3 Å². The number of non-ortho nitro benzene ring substituents is 1. The fourth-order valence-corrected chi connectivity index (χ4v) is 15.4. The molecule has 62 heavy (non-hydrogen) atoms. The number of allylic oxidation sites excluding steroid dienone is 2. The number of nitrogens with one attached hydrogen (secondary N) is 1. The van der Waals surface area contributed by atoms with Crippen LogP contribution >= 0.6 is 0 Å². The van der Waals surface area contributed by atoms with Gasteiger partial charge in [-0.1, -0.05) is 98.2 Å². The van der Waals surface area contributed by atoms with E-state index in [1.54, 1.807) is 0 Å². The Morgan fingerprint density at radius 1 is 0.903 bits per heavy atom. The molecule has 0 aliphatic heterocycles. The van der Waals surface area contributed by atoms with Gasteiger partial charge in [0, 0.05) is 36.6 Å². The van der Waals surface area contributed by atoms with Gasteiger partial charge < -0.3 is 15.5 Å². The van der Waals surface area contributed by atoms with E-state index >= 15 is 0 Å². The molecular weight excluding hydrogens is 803 g/mol. The lowest BCUT2D eigenvalue weighted by Gasteiger charge is -2.70. The number of amides is 1. The predicted molar refractivity (Wildman–Crippen MR) is 240 cm³/mol. The molecule has 0 bridgehead atoms. The van der Waals surface area contributed by atoms with Gasteiger partial charge in [-0.05, 0) is 133 Å². The van der Waals surface area contributed by atoms with Crippen LogP contribution in [0.15, 0.2) is 71.1 Å². The lowest BCUT2D eigenvalue weighted by molar-refractivity contribution is -0.384. The van der Waals surface area contributed by atoms with Crippen molar-refractivity contribution in [2.24, 2.45) is 56.2 Å². The molecule has 3 N–H and O–H groups in total. The van der Waals surface area contributed by atoms with E-state index in [0.717, 1.165) is 56.2 Å². The highest BCUT2D eigenvalue weighted by molar-refractivity contribution is 7.89. The molecule has 0 aromatic heterocycles. The van der Waals surface area contributed by atoms with Gasteiger partial charge in [-0.3, -0.25) is 19.7 Å². The second kappa shape index (κ2) is 16.2. The highest BCUT2D eigenvalue weighted by Gasteiger charge is 2.70. The molecular formula is C50H71N3O8S. The average Bonchev–Trinajstić information content (AvgIpc) is 3.20. The summed E-state index contributed by atoms with van der Waals surface area (Å²) in [6.45, 7) is 19.4. The third-order valence-corrected chi connectivity index (χ3v) is 19.7. The van der Waals surface area contributed by atoms with Gasteiger partial charge in [-0.15, -0.1) is 0 Å². The van der Waals surface area contributed by atoms with E-state index in [1.165, 1.54) is 22.0 Å². The van der Waals surface area contributed by atoms with Gasteiger partial charge >= 0.3 is 0 Å². The molecule has 0 unspecified atom stereocenters. The normalized spacial score (nSPS) is 36.3. The van der Waals surface area contributed by atoms with Crippen LogP contribution in [0.1, 0.15) is 126 Å². The lowest BCUT2D eigenvalue weighted by Crippen LogP contribution is -2.66.